The molecule has 81 heavy (non-hydrogen) atoms. The Bertz CT molecular complexity index is 1660. The quantitative estimate of drug-likeness (QED) is 0.0212. The lowest BCUT2D eigenvalue weighted by Gasteiger charge is -2.30. The van der Waals surface area contributed by atoms with Crippen LogP contribution < -0.4 is 10.2 Å². The van der Waals surface area contributed by atoms with Crippen molar-refractivity contribution in [2.24, 2.45) is 0 Å². The first-order chi connectivity index (χ1) is 39.4. The molecule has 3 atom stereocenters. The first kappa shape index (κ1) is 78.2. The highest BCUT2D eigenvalue weighted by molar-refractivity contribution is 7.45. The lowest BCUT2D eigenvalue weighted by molar-refractivity contribution is -0.870. The predicted octanol–water partition coefficient (Wildman–Crippen LogP) is 20.7. The maximum absolute atomic E-state index is 13.5. The maximum atomic E-state index is 13.5. The number of likely N-dealkylation sites (N-methyl/N-ethyl adjacent to an activating group) is 1. The van der Waals surface area contributed by atoms with E-state index in [4.69, 9.17) is 13.8 Å². The molecule has 0 bridgehead atoms. The second-order valence-corrected chi connectivity index (χ2v) is 25.4. The average Bonchev–Trinajstić information content (AvgIpc) is 3.44. The second kappa shape index (κ2) is 60.3. The first-order valence-corrected chi connectivity index (χ1v) is 35.4. The third kappa shape index (κ3) is 61.6. The number of hydrogen-bond acceptors (Lipinski definition) is 7. The number of quaternary nitrogens is 1. The molecule has 0 radical (unpaired) electrons. The van der Waals surface area contributed by atoms with E-state index >= 15 is 0 Å². The number of nitrogens with zero attached hydrogens (tertiary/aromatic N) is 1. The van der Waals surface area contributed by atoms with Crippen LogP contribution in [-0.4, -0.2) is 69.4 Å². The Balaban J connectivity index is 5.18. The normalized spacial score (nSPS) is 14.1. The number of unbranched alkanes of at least 4 members (excludes halogenated alkanes) is 33. The highest BCUT2D eigenvalue weighted by Crippen LogP contribution is 2.38. The molecule has 0 spiro atoms. The van der Waals surface area contributed by atoms with Crippen LogP contribution in [0.3, 0.4) is 0 Å². The van der Waals surface area contributed by atoms with Crippen LogP contribution >= 0.6 is 7.82 Å². The minimum atomic E-state index is -4.72. The summed E-state index contributed by atoms with van der Waals surface area (Å²) in [7, 11) is 1.15. The lowest BCUT2D eigenvalue weighted by atomic mass is 10.0. The molecule has 1 amide bonds. The highest BCUT2D eigenvalue weighted by atomic mass is 31.2. The van der Waals surface area contributed by atoms with Gasteiger partial charge in [-0.15, -0.1) is 0 Å². The van der Waals surface area contributed by atoms with E-state index in [-0.39, 0.29) is 31.3 Å². The summed E-state index contributed by atoms with van der Waals surface area (Å²) in [5, 5.41) is 3.00. The lowest BCUT2D eigenvalue weighted by Crippen LogP contribution is -2.47. The minimum Gasteiger partial charge on any atom is -0.756 e. The van der Waals surface area contributed by atoms with Gasteiger partial charge in [0.1, 0.15) is 19.3 Å². The fraction of sp³-hybridized carbons (Fsp3) is 0.775. The Morgan fingerprint density at radius 1 is 0.444 bits per heavy atom. The Morgan fingerprint density at radius 2 is 0.802 bits per heavy atom. The van der Waals surface area contributed by atoms with E-state index in [2.05, 4.69) is 99.0 Å². The number of carbonyl (C=O) groups excluding carboxylic acids is 2. The molecule has 1 N–H and O–H groups in total. The number of phosphoric acid groups is 1. The van der Waals surface area contributed by atoms with Crippen molar-refractivity contribution < 1.29 is 37.3 Å². The van der Waals surface area contributed by atoms with Gasteiger partial charge in [-0.05, 0) is 96.0 Å². The van der Waals surface area contributed by atoms with Gasteiger partial charge in [0, 0.05) is 12.8 Å². The van der Waals surface area contributed by atoms with E-state index in [1.54, 1.807) is 0 Å². The molecule has 0 aliphatic rings. The van der Waals surface area contributed by atoms with Crippen molar-refractivity contribution in [1.29, 1.82) is 0 Å². The second-order valence-electron chi connectivity index (χ2n) is 23.9. The third-order valence-electron chi connectivity index (χ3n) is 14.8. The zero-order chi connectivity index (χ0) is 59.3. The number of phosphoric ester groups is 1. The maximum Gasteiger partial charge on any atom is 0.306 e. The molecule has 0 fully saturated rings. The molecule has 0 aliphatic heterocycles. The van der Waals surface area contributed by atoms with Gasteiger partial charge in [-0.3, -0.25) is 14.2 Å². The van der Waals surface area contributed by atoms with Gasteiger partial charge in [-0.25, -0.2) is 0 Å². The average molecular weight is 1150 g/mol. The Labute approximate surface area is 501 Å². The molecule has 10 heteroatoms. The van der Waals surface area contributed by atoms with Crippen molar-refractivity contribution in [2.45, 2.75) is 315 Å². The van der Waals surface area contributed by atoms with Gasteiger partial charge < -0.3 is 28.5 Å². The Morgan fingerprint density at radius 3 is 1.22 bits per heavy atom. The van der Waals surface area contributed by atoms with Crippen molar-refractivity contribution in [1.82, 2.24) is 5.32 Å². The van der Waals surface area contributed by atoms with E-state index in [0.29, 0.717) is 17.4 Å². The Kier molecular flexibility index (Phi) is 58.2. The fourth-order valence-electron chi connectivity index (χ4n) is 9.61. The minimum absolute atomic E-state index is 0.0351. The van der Waals surface area contributed by atoms with Crippen LogP contribution in [0.15, 0.2) is 85.1 Å². The van der Waals surface area contributed by atoms with Gasteiger partial charge in [0.05, 0.1) is 33.8 Å². The SMILES string of the molecule is CC/C=C\C/C=C\C/C=C\C/C=C\C/C=C\CCCC(=O)NC(COP(=O)([O-])OCC[N+](C)(C)C)C(/C=C\CCCCCCCCCCCCC)OC(=O)CCCCCCCCCCCCCCCCC/C=C/CCCCCCCC. The smallest absolute Gasteiger partial charge is 0.306 e. The summed E-state index contributed by atoms with van der Waals surface area (Å²) in [5.74, 6) is -0.603. The van der Waals surface area contributed by atoms with Crippen LogP contribution in [0.1, 0.15) is 303 Å². The monoisotopic (exact) mass is 1150 g/mol. The van der Waals surface area contributed by atoms with Crippen molar-refractivity contribution in [3.8, 4) is 0 Å². The molecule has 0 aromatic rings. The van der Waals surface area contributed by atoms with Gasteiger partial charge in [-0.2, -0.15) is 0 Å². The van der Waals surface area contributed by atoms with Crippen LogP contribution in [0, 0.1) is 0 Å². The van der Waals surface area contributed by atoms with Gasteiger partial charge in [0.2, 0.25) is 5.91 Å². The van der Waals surface area contributed by atoms with Crippen molar-refractivity contribution >= 4 is 19.7 Å². The number of allylic oxidation sites excluding steroid dienone is 13. The molecule has 0 aromatic carbocycles. The summed E-state index contributed by atoms with van der Waals surface area (Å²) in [4.78, 5) is 40.1. The molecule has 9 nitrogen and oxygen atoms in total. The van der Waals surface area contributed by atoms with Gasteiger partial charge in [0.25, 0.3) is 7.82 Å². The molecule has 0 rings (SSSR count). The number of carbonyl (C=O) groups is 2. The van der Waals surface area contributed by atoms with Gasteiger partial charge in [0.15, 0.2) is 0 Å². The molecule has 0 aliphatic carbocycles. The van der Waals surface area contributed by atoms with Crippen LogP contribution in [0.5, 0.6) is 0 Å². The van der Waals surface area contributed by atoms with E-state index in [1.807, 2.05) is 33.3 Å². The van der Waals surface area contributed by atoms with Crippen LogP contribution in [-0.2, 0) is 27.9 Å². The van der Waals surface area contributed by atoms with Gasteiger partial charge in [-0.1, -0.05) is 280 Å². The topological polar surface area (TPSA) is 114 Å². The Hall–Kier alpha value is -2.81. The summed E-state index contributed by atoms with van der Waals surface area (Å²) >= 11 is 0. The molecule has 0 saturated heterocycles. The number of nitrogens with one attached hydrogen (secondary N) is 1. The number of ether oxygens (including phenoxy) is 1. The zero-order valence-electron chi connectivity index (χ0n) is 53.7. The molecule has 0 aromatic heterocycles. The number of esters is 1. The van der Waals surface area contributed by atoms with Crippen LogP contribution in [0.2, 0.25) is 0 Å². The van der Waals surface area contributed by atoms with Crippen LogP contribution in [0.4, 0.5) is 0 Å². The molecule has 0 saturated carbocycles. The third-order valence-corrected chi connectivity index (χ3v) is 15.8. The van der Waals surface area contributed by atoms with Crippen molar-refractivity contribution in [3.05, 3.63) is 85.1 Å². The molecule has 470 valence electrons. The number of amides is 1. The number of hydrogen-bond donors (Lipinski definition) is 1. The largest absolute Gasteiger partial charge is 0.756 e. The van der Waals surface area contributed by atoms with E-state index < -0.39 is 26.6 Å². The fourth-order valence-corrected chi connectivity index (χ4v) is 10.3. The standard InChI is InChI=1S/C71H129N2O7P/c1-7-10-13-16-19-22-25-28-30-32-33-34-35-36-37-38-39-41-43-46-49-52-55-58-61-64-71(75)80-69(62-59-56-53-50-47-44-27-24-21-18-15-12-9-3)68(67-79-81(76,77)78-66-65-73(4,5)6)72-70(74)63-60-57-54-51-48-45-42-40-31-29-26-23-20-17-14-11-8-2/h11,14,20,23,28-31,42,45,51,54,59,62,68-69H,7-10,12-13,15-19,21-22,24-27,32-41,43-44,46-50,52-53,55-58,60-61,63-67H2,1-6H3,(H-,72,74,76,77)/b14-11-,23-20-,30-28+,31-29-,45-42-,54-51-,62-59-. The van der Waals surface area contributed by atoms with Crippen molar-refractivity contribution in [2.75, 3.05) is 40.9 Å². The molecular formula is C71H129N2O7P. The summed E-state index contributed by atoms with van der Waals surface area (Å²) in [6.07, 6.45) is 80.0. The molecule has 0 heterocycles. The van der Waals surface area contributed by atoms with Crippen LogP contribution in [0.25, 0.3) is 0 Å². The van der Waals surface area contributed by atoms with E-state index in [0.717, 1.165) is 77.0 Å². The van der Waals surface area contributed by atoms with E-state index in [1.165, 1.54) is 186 Å². The highest BCUT2D eigenvalue weighted by Gasteiger charge is 2.27. The molecular weight excluding hydrogens is 1020 g/mol. The zero-order valence-corrected chi connectivity index (χ0v) is 54.6. The summed E-state index contributed by atoms with van der Waals surface area (Å²) in [5.41, 5.74) is 0. The first-order valence-electron chi connectivity index (χ1n) is 33.9. The van der Waals surface area contributed by atoms with E-state index in [9.17, 15) is 19.0 Å². The van der Waals surface area contributed by atoms with Crippen molar-refractivity contribution in [3.63, 3.8) is 0 Å². The summed E-state index contributed by atoms with van der Waals surface area (Å²) in [6.45, 7) is 6.70. The summed E-state index contributed by atoms with van der Waals surface area (Å²) < 4.78 is 30.4. The summed E-state index contributed by atoms with van der Waals surface area (Å²) in [6, 6.07) is -0.921. The molecule has 3 unspecified atom stereocenters. The number of rotatable bonds is 61. The van der Waals surface area contributed by atoms with Gasteiger partial charge >= 0.3 is 5.97 Å². The predicted molar refractivity (Wildman–Crippen MR) is 348 cm³/mol.